The molecule has 0 saturated heterocycles. The molecule has 4 rings (SSSR count). The van der Waals surface area contributed by atoms with E-state index < -0.39 is 0 Å². The third kappa shape index (κ3) is 3.29. The summed E-state index contributed by atoms with van der Waals surface area (Å²) in [6.07, 6.45) is 7.11. The van der Waals surface area contributed by atoms with Crippen LogP contribution in [0.5, 0.6) is 0 Å². The van der Waals surface area contributed by atoms with Gasteiger partial charge in [-0.25, -0.2) is 0 Å². The second kappa shape index (κ2) is 7.37. The van der Waals surface area contributed by atoms with Gasteiger partial charge in [0.05, 0.1) is 35.7 Å². The molecule has 0 aliphatic rings. The van der Waals surface area contributed by atoms with Gasteiger partial charge in [-0.1, -0.05) is 12.1 Å². The highest BCUT2D eigenvalue weighted by Crippen LogP contribution is 2.19. The minimum atomic E-state index is 0.574. The second-order valence-electron chi connectivity index (χ2n) is 5.78. The van der Waals surface area contributed by atoms with E-state index in [4.69, 9.17) is 12.2 Å². The van der Waals surface area contributed by atoms with Gasteiger partial charge in [-0.2, -0.15) is 0 Å². The fourth-order valence-corrected chi connectivity index (χ4v) is 3.18. The topological polar surface area (TPSA) is 59.7 Å². The molecule has 1 aromatic carbocycles. The van der Waals surface area contributed by atoms with Crippen LogP contribution in [0, 0.1) is 4.77 Å². The molecule has 0 aliphatic heterocycles. The molecular formula is C19H18N6S. The average molecular weight is 362 g/mol. The predicted octanol–water partition coefficient (Wildman–Crippen LogP) is 4.10. The van der Waals surface area contributed by atoms with Crippen LogP contribution in [0.25, 0.3) is 11.0 Å². The van der Waals surface area contributed by atoms with E-state index in [1.165, 1.54) is 0 Å². The van der Waals surface area contributed by atoms with Gasteiger partial charge in [-0.05, 0) is 48.6 Å². The van der Waals surface area contributed by atoms with E-state index in [1.807, 2.05) is 36.4 Å². The number of para-hydroxylation sites is 2. The molecule has 0 saturated carbocycles. The lowest BCUT2D eigenvalue weighted by molar-refractivity contribution is 0.709. The Morgan fingerprint density at radius 3 is 1.65 bits per heavy atom. The Morgan fingerprint density at radius 1 is 0.731 bits per heavy atom. The van der Waals surface area contributed by atoms with E-state index in [0.29, 0.717) is 13.3 Å². The van der Waals surface area contributed by atoms with Crippen LogP contribution in [-0.2, 0) is 13.3 Å². The summed E-state index contributed by atoms with van der Waals surface area (Å²) in [5.41, 5.74) is 4.09. The summed E-state index contributed by atoms with van der Waals surface area (Å²) in [7, 11) is 0. The van der Waals surface area contributed by atoms with Crippen molar-refractivity contribution < 1.29 is 0 Å². The quantitative estimate of drug-likeness (QED) is 0.506. The highest BCUT2D eigenvalue weighted by Gasteiger charge is 2.10. The predicted molar refractivity (Wildman–Crippen MR) is 106 cm³/mol. The Labute approximate surface area is 156 Å². The zero-order valence-electron chi connectivity index (χ0n) is 14.0. The maximum atomic E-state index is 5.74. The maximum absolute atomic E-state index is 5.74. The van der Waals surface area contributed by atoms with Crippen LogP contribution in [0.15, 0.2) is 73.3 Å². The molecule has 0 unspecified atom stereocenters. The Morgan fingerprint density at radius 2 is 1.23 bits per heavy atom. The Bertz CT molecular complexity index is 972. The number of nitrogens with zero attached hydrogens (tertiary/aromatic N) is 4. The van der Waals surface area contributed by atoms with Gasteiger partial charge in [0, 0.05) is 24.8 Å². The van der Waals surface area contributed by atoms with Crippen molar-refractivity contribution in [3.8, 4) is 0 Å². The molecule has 0 bridgehead atoms. The molecular weight excluding hydrogens is 344 g/mol. The van der Waals surface area contributed by atoms with Crippen molar-refractivity contribution in [2.45, 2.75) is 13.3 Å². The van der Waals surface area contributed by atoms with Gasteiger partial charge in [0.25, 0.3) is 0 Å². The summed E-state index contributed by atoms with van der Waals surface area (Å²) in [5, 5.41) is 6.74. The van der Waals surface area contributed by atoms with Crippen molar-refractivity contribution >= 4 is 34.6 Å². The Balaban J connectivity index is 1.63. The molecule has 3 heterocycles. The Kier molecular flexibility index (Phi) is 4.61. The molecule has 0 aliphatic carbocycles. The van der Waals surface area contributed by atoms with E-state index >= 15 is 0 Å². The van der Waals surface area contributed by atoms with Crippen molar-refractivity contribution in [1.29, 1.82) is 0 Å². The third-order valence-electron chi connectivity index (χ3n) is 4.13. The first-order valence-electron chi connectivity index (χ1n) is 8.29. The van der Waals surface area contributed by atoms with Crippen molar-refractivity contribution in [2.24, 2.45) is 0 Å². The molecule has 0 amide bonds. The number of imidazole rings is 1. The van der Waals surface area contributed by atoms with Crippen LogP contribution in [0.1, 0.15) is 0 Å². The second-order valence-corrected chi connectivity index (χ2v) is 6.15. The number of pyridine rings is 2. The van der Waals surface area contributed by atoms with Gasteiger partial charge in [0.15, 0.2) is 4.77 Å². The van der Waals surface area contributed by atoms with Crippen LogP contribution in [0.4, 0.5) is 11.4 Å². The minimum Gasteiger partial charge on any atom is -0.366 e. The summed E-state index contributed by atoms with van der Waals surface area (Å²) in [5.74, 6) is 0. The van der Waals surface area contributed by atoms with Gasteiger partial charge in [0.1, 0.15) is 0 Å². The fourth-order valence-electron chi connectivity index (χ4n) is 2.85. The highest BCUT2D eigenvalue weighted by molar-refractivity contribution is 7.71. The number of rotatable bonds is 6. The zero-order chi connectivity index (χ0) is 17.8. The largest absolute Gasteiger partial charge is 0.366 e. The fraction of sp³-hybridized carbons (Fsp3) is 0.105. The Hall–Kier alpha value is -3.19. The average Bonchev–Trinajstić information content (AvgIpc) is 2.97. The van der Waals surface area contributed by atoms with Gasteiger partial charge in [-0.15, -0.1) is 0 Å². The molecule has 0 spiro atoms. The van der Waals surface area contributed by atoms with E-state index in [0.717, 1.165) is 27.2 Å². The van der Waals surface area contributed by atoms with Crippen molar-refractivity contribution in [2.75, 3.05) is 10.6 Å². The van der Waals surface area contributed by atoms with Gasteiger partial charge >= 0.3 is 0 Å². The molecule has 4 aromatic rings. The van der Waals surface area contributed by atoms with Crippen molar-refractivity contribution in [3.05, 3.63) is 78.1 Å². The lowest BCUT2D eigenvalue weighted by atomic mass is 10.3. The van der Waals surface area contributed by atoms with Gasteiger partial charge in [0.2, 0.25) is 0 Å². The van der Waals surface area contributed by atoms with Crippen molar-refractivity contribution in [3.63, 3.8) is 0 Å². The van der Waals surface area contributed by atoms with E-state index in [2.05, 4.69) is 41.9 Å². The number of aromatic nitrogens is 4. The molecule has 6 nitrogen and oxygen atoms in total. The minimum absolute atomic E-state index is 0.574. The molecule has 3 aromatic heterocycles. The number of nitrogens with one attached hydrogen (secondary N) is 2. The van der Waals surface area contributed by atoms with Crippen LogP contribution in [-0.4, -0.2) is 19.1 Å². The monoisotopic (exact) mass is 362 g/mol. The van der Waals surface area contributed by atoms with Gasteiger partial charge in [-0.3, -0.25) is 19.1 Å². The maximum Gasteiger partial charge on any atom is 0.183 e. The van der Waals surface area contributed by atoms with Crippen LogP contribution < -0.4 is 10.6 Å². The molecule has 7 heteroatoms. The van der Waals surface area contributed by atoms with Gasteiger partial charge < -0.3 is 10.6 Å². The molecule has 130 valence electrons. The van der Waals surface area contributed by atoms with Crippen LogP contribution in [0.3, 0.4) is 0 Å². The number of benzene rings is 1. The number of hydrogen-bond donors (Lipinski definition) is 2. The molecule has 0 fully saturated rings. The first kappa shape index (κ1) is 16.3. The zero-order valence-corrected chi connectivity index (χ0v) is 14.9. The van der Waals surface area contributed by atoms with E-state index in [-0.39, 0.29) is 0 Å². The molecule has 0 radical (unpaired) electrons. The lowest BCUT2D eigenvalue weighted by Gasteiger charge is -2.09. The lowest BCUT2D eigenvalue weighted by Crippen LogP contribution is -2.11. The normalized spacial score (nSPS) is 10.8. The SMILES string of the molecule is S=c1n(CNc2cccnc2)c2ccccc2n1CNc1cccnc1. The number of anilines is 2. The van der Waals surface area contributed by atoms with Crippen LogP contribution in [0.2, 0.25) is 0 Å². The summed E-state index contributed by atoms with van der Waals surface area (Å²) in [6.45, 7) is 1.15. The molecule has 26 heavy (non-hydrogen) atoms. The number of fused-ring (bicyclic) bond motifs is 1. The smallest absolute Gasteiger partial charge is 0.183 e. The summed E-state index contributed by atoms with van der Waals surface area (Å²) >= 11 is 5.74. The van der Waals surface area contributed by atoms with Crippen molar-refractivity contribution in [1.82, 2.24) is 19.1 Å². The third-order valence-corrected chi connectivity index (χ3v) is 4.57. The summed E-state index contributed by atoms with van der Waals surface area (Å²) in [6, 6.07) is 16.0. The first-order valence-corrected chi connectivity index (χ1v) is 8.69. The summed E-state index contributed by atoms with van der Waals surface area (Å²) in [4.78, 5) is 8.26. The molecule has 0 atom stereocenters. The van der Waals surface area contributed by atoms with Crippen LogP contribution >= 0.6 is 12.2 Å². The van der Waals surface area contributed by atoms with E-state index in [1.54, 1.807) is 24.8 Å². The summed E-state index contributed by atoms with van der Waals surface area (Å²) < 4.78 is 4.92. The standard InChI is InChI=1S/C19H18N6S/c26-19-24(13-22-15-5-3-9-20-11-15)17-7-1-2-8-18(17)25(19)14-23-16-6-4-10-21-12-16/h1-12,22-23H,13-14H2. The molecule has 2 N–H and O–H groups in total. The highest BCUT2D eigenvalue weighted by atomic mass is 32.1. The first-order chi connectivity index (χ1) is 12.8. The number of hydrogen-bond acceptors (Lipinski definition) is 5. The van der Waals surface area contributed by atoms with E-state index in [9.17, 15) is 0 Å².